The van der Waals surface area contributed by atoms with Crippen LogP contribution in [0.15, 0.2) is 18.2 Å². The Bertz CT molecular complexity index is 584. The van der Waals surface area contributed by atoms with Gasteiger partial charge in [-0.1, -0.05) is 0 Å². The van der Waals surface area contributed by atoms with E-state index < -0.39 is 5.91 Å². The van der Waals surface area contributed by atoms with E-state index >= 15 is 0 Å². The molecule has 8 heteroatoms. The highest BCUT2D eigenvalue weighted by atomic mass is 127. The fourth-order valence-corrected chi connectivity index (χ4v) is 1.56. The monoisotopic (exact) mass is 360 g/mol. The molecule has 18 heavy (non-hydrogen) atoms. The van der Waals surface area contributed by atoms with Crippen LogP contribution in [0.2, 0.25) is 0 Å². The van der Waals surface area contributed by atoms with E-state index in [9.17, 15) is 9.90 Å². The van der Waals surface area contributed by atoms with Crippen LogP contribution in [0.3, 0.4) is 0 Å². The normalized spacial score (nSPS) is 10.1. The lowest BCUT2D eigenvalue weighted by molar-refractivity contribution is 0.102. The first-order valence-corrected chi connectivity index (χ1v) is 5.94. The van der Waals surface area contributed by atoms with Gasteiger partial charge in [0.2, 0.25) is 5.95 Å². The Hall–Kier alpha value is -1.84. The van der Waals surface area contributed by atoms with Crippen LogP contribution in [-0.2, 0) is 0 Å². The predicted molar refractivity (Wildman–Crippen MR) is 71.7 cm³/mol. The number of hydrogen-bond donors (Lipinski definition) is 3. The van der Waals surface area contributed by atoms with Gasteiger partial charge in [-0.15, -0.1) is 5.10 Å². The van der Waals surface area contributed by atoms with Crippen molar-refractivity contribution in [3.8, 4) is 11.8 Å². The summed E-state index contributed by atoms with van der Waals surface area (Å²) < 4.78 is 5.44. The molecule has 1 aromatic heterocycles. The van der Waals surface area contributed by atoms with Gasteiger partial charge in [-0.25, -0.2) is 5.10 Å². The number of hydrogen-bond acceptors (Lipinski definition) is 5. The van der Waals surface area contributed by atoms with Crippen molar-refractivity contribution in [3.63, 3.8) is 0 Å². The maximum atomic E-state index is 11.8. The minimum Gasteiger partial charge on any atom is -0.507 e. The Balaban J connectivity index is 2.14. The summed E-state index contributed by atoms with van der Waals surface area (Å²) in [5, 5.41) is 18.2. The largest absolute Gasteiger partial charge is 0.507 e. The minimum atomic E-state index is -0.402. The molecule has 3 N–H and O–H groups in total. The molecule has 0 unspecified atom stereocenters. The van der Waals surface area contributed by atoms with E-state index in [2.05, 4.69) is 20.5 Å². The van der Waals surface area contributed by atoms with Crippen LogP contribution in [0.4, 0.5) is 5.95 Å². The minimum absolute atomic E-state index is 0.0541. The van der Waals surface area contributed by atoms with E-state index in [1.165, 1.54) is 13.2 Å². The second-order valence-electron chi connectivity index (χ2n) is 3.29. The van der Waals surface area contributed by atoms with Crippen molar-refractivity contribution in [1.82, 2.24) is 15.2 Å². The number of anilines is 1. The zero-order valence-corrected chi connectivity index (χ0v) is 11.4. The Kier molecular flexibility index (Phi) is 3.65. The third-order valence-corrected chi connectivity index (χ3v) is 3.00. The van der Waals surface area contributed by atoms with Crippen LogP contribution in [0.5, 0.6) is 11.8 Å². The average Bonchev–Trinajstić information content (AvgIpc) is 2.80. The third-order valence-electron chi connectivity index (χ3n) is 2.09. The summed E-state index contributed by atoms with van der Waals surface area (Å²) in [6.45, 7) is 0. The molecule has 7 nitrogen and oxygen atoms in total. The van der Waals surface area contributed by atoms with Gasteiger partial charge in [0.05, 0.1) is 10.7 Å². The van der Waals surface area contributed by atoms with Crippen LogP contribution in [0, 0.1) is 3.57 Å². The summed E-state index contributed by atoms with van der Waals surface area (Å²) >= 11 is 1.97. The number of H-pyrrole nitrogens is 1. The highest BCUT2D eigenvalue weighted by Gasteiger charge is 2.11. The number of nitrogens with one attached hydrogen (secondary N) is 2. The number of aromatic hydroxyl groups is 1. The average molecular weight is 360 g/mol. The molecule has 1 amide bonds. The van der Waals surface area contributed by atoms with Crippen molar-refractivity contribution in [2.24, 2.45) is 0 Å². The second-order valence-corrected chi connectivity index (χ2v) is 4.45. The standard InChI is InChI=1S/C10H9IN4O3/c1-18-10-13-9(14-15-10)12-8(17)5-2-3-6(11)7(16)4-5/h2-4,16H,1H3,(H2,12,13,14,15,17). The summed E-state index contributed by atoms with van der Waals surface area (Å²) in [5.41, 5.74) is 0.322. The van der Waals surface area contributed by atoms with E-state index in [-0.39, 0.29) is 17.7 Å². The van der Waals surface area contributed by atoms with Gasteiger partial charge >= 0.3 is 6.01 Å². The zero-order chi connectivity index (χ0) is 13.1. The SMILES string of the molecule is COc1n[nH]c(NC(=O)c2ccc(I)c(O)c2)n1. The van der Waals surface area contributed by atoms with Gasteiger partial charge in [0, 0.05) is 5.56 Å². The summed E-state index contributed by atoms with van der Waals surface area (Å²) in [7, 11) is 1.42. The van der Waals surface area contributed by atoms with Crippen LogP contribution < -0.4 is 10.1 Å². The first-order chi connectivity index (χ1) is 8.60. The second kappa shape index (κ2) is 5.21. The molecule has 94 valence electrons. The molecular weight excluding hydrogens is 351 g/mol. The molecule has 0 radical (unpaired) electrons. The van der Waals surface area contributed by atoms with Crippen molar-refractivity contribution in [3.05, 3.63) is 27.3 Å². The van der Waals surface area contributed by atoms with Gasteiger partial charge in [-0.2, -0.15) is 4.98 Å². The van der Waals surface area contributed by atoms with Crippen molar-refractivity contribution in [2.75, 3.05) is 12.4 Å². The molecule has 0 bridgehead atoms. The number of amides is 1. The third kappa shape index (κ3) is 2.70. The zero-order valence-electron chi connectivity index (χ0n) is 9.27. The first kappa shape index (κ1) is 12.6. The van der Waals surface area contributed by atoms with E-state index in [1.807, 2.05) is 22.6 Å². The smallest absolute Gasteiger partial charge is 0.336 e. The quantitative estimate of drug-likeness (QED) is 0.718. The molecule has 0 saturated carbocycles. The summed E-state index contributed by atoms with van der Waals surface area (Å²) in [6, 6.07) is 4.76. The Morgan fingerprint density at radius 3 is 2.94 bits per heavy atom. The number of aromatic nitrogens is 3. The molecule has 0 fully saturated rings. The number of benzene rings is 1. The number of nitrogens with zero attached hydrogens (tertiary/aromatic N) is 2. The lowest BCUT2D eigenvalue weighted by Gasteiger charge is -2.03. The topological polar surface area (TPSA) is 100 Å². The molecule has 0 spiro atoms. The van der Waals surface area contributed by atoms with Crippen molar-refractivity contribution >= 4 is 34.4 Å². The van der Waals surface area contributed by atoms with Gasteiger partial charge in [0.15, 0.2) is 0 Å². The summed E-state index contributed by atoms with van der Waals surface area (Å²) in [6.07, 6.45) is 0. The van der Waals surface area contributed by atoms with Crippen LogP contribution >= 0.6 is 22.6 Å². The number of methoxy groups -OCH3 is 1. The van der Waals surface area contributed by atoms with Gasteiger partial charge < -0.3 is 9.84 Å². The number of carbonyl (C=O) groups is 1. The number of rotatable bonds is 3. The molecule has 0 aliphatic rings. The van der Waals surface area contributed by atoms with Gasteiger partial charge in [-0.05, 0) is 40.8 Å². The number of aromatic amines is 1. The fraction of sp³-hybridized carbons (Fsp3) is 0.100. The molecule has 0 saturated heterocycles. The highest BCUT2D eigenvalue weighted by Crippen LogP contribution is 2.20. The molecular formula is C10H9IN4O3. The summed E-state index contributed by atoms with van der Waals surface area (Å²) in [5.74, 6) is -0.172. The van der Waals surface area contributed by atoms with Crippen molar-refractivity contribution in [1.29, 1.82) is 0 Å². The molecule has 0 aliphatic carbocycles. The number of ether oxygens (including phenoxy) is 1. The number of halogens is 1. The van der Waals surface area contributed by atoms with Gasteiger partial charge in [-0.3, -0.25) is 10.1 Å². The molecule has 0 atom stereocenters. The van der Waals surface area contributed by atoms with Crippen LogP contribution in [0.25, 0.3) is 0 Å². The maximum Gasteiger partial charge on any atom is 0.336 e. The number of carbonyl (C=O) groups excluding carboxylic acids is 1. The lowest BCUT2D eigenvalue weighted by Crippen LogP contribution is -2.13. The van der Waals surface area contributed by atoms with Crippen LogP contribution in [-0.4, -0.2) is 33.3 Å². The fourth-order valence-electron chi connectivity index (χ4n) is 1.23. The van der Waals surface area contributed by atoms with Crippen LogP contribution in [0.1, 0.15) is 10.4 Å². The van der Waals surface area contributed by atoms with E-state index in [1.54, 1.807) is 12.1 Å². The Morgan fingerprint density at radius 2 is 2.33 bits per heavy atom. The predicted octanol–water partition coefficient (Wildman–Crippen LogP) is 1.38. The molecule has 0 aliphatic heterocycles. The van der Waals surface area contributed by atoms with E-state index in [4.69, 9.17) is 4.74 Å². The van der Waals surface area contributed by atoms with E-state index in [0.717, 1.165) is 0 Å². The molecule has 2 aromatic rings. The Morgan fingerprint density at radius 1 is 1.56 bits per heavy atom. The summed E-state index contributed by atoms with van der Waals surface area (Å²) in [4.78, 5) is 15.7. The number of phenolic OH excluding ortho intramolecular Hbond substituents is 1. The number of phenols is 1. The Labute approximate surface area is 116 Å². The van der Waals surface area contributed by atoms with Crippen molar-refractivity contribution < 1.29 is 14.6 Å². The van der Waals surface area contributed by atoms with Crippen molar-refractivity contribution in [2.45, 2.75) is 0 Å². The van der Waals surface area contributed by atoms with Gasteiger partial charge in [0.1, 0.15) is 5.75 Å². The molecule has 1 aromatic carbocycles. The maximum absolute atomic E-state index is 11.8. The van der Waals surface area contributed by atoms with Gasteiger partial charge in [0.25, 0.3) is 5.91 Å². The highest BCUT2D eigenvalue weighted by molar-refractivity contribution is 14.1. The molecule has 2 rings (SSSR count). The first-order valence-electron chi connectivity index (χ1n) is 4.86. The molecule has 1 heterocycles. The lowest BCUT2D eigenvalue weighted by atomic mass is 10.2. The van der Waals surface area contributed by atoms with E-state index in [0.29, 0.717) is 9.13 Å².